The van der Waals surface area contributed by atoms with Gasteiger partial charge in [0, 0.05) is 11.4 Å². The molecular weight excluding hydrogens is 263 g/mol. The molecule has 0 bridgehead atoms. The molecular formula is C11H8ClFN2OS. The highest BCUT2D eigenvalue weighted by Crippen LogP contribution is 2.20. The number of benzene rings is 1. The predicted molar refractivity (Wildman–Crippen MR) is 64.1 cm³/mol. The Balaban J connectivity index is 2.22. The Labute approximate surface area is 106 Å². The molecule has 88 valence electrons. The number of ketones is 1. The van der Waals surface area contributed by atoms with E-state index >= 15 is 0 Å². The molecule has 17 heavy (non-hydrogen) atoms. The van der Waals surface area contributed by atoms with Crippen LogP contribution in [0.3, 0.4) is 0 Å². The quantitative estimate of drug-likeness (QED) is 0.805. The van der Waals surface area contributed by atoms with E-state index in [9.17, 15) is 9.18 Å². The van der Waals surface area contributed by atoms with Crippen LogP contribution in [0.5, 0.6) is 0 Å². The first-order chi connectivity index (χ1) is 8.08. The molecule has 0 saturated carbocycles. The normalized spacial score (nSPS) is 10.5. The van der Waals surface area contributed by atoms with Crippen molar-refractivity contribution in [3.63, 3.8) is 0 Å². The molecule has 1 aromatic heterocycles. The number of nitrogens with zero attached hydrogens (tertiary/aromatic N) is 2. The van der Waals surface area contributed by atoms with E-state index in [-0.39, 0.29) is 17.2 Å². The summed E-state index contributed by atoms with van der Waals surface area (Å²) in [6.45, 7) is 1.73. The SMILES string of the molecule is Cc1nnsc1C(=O)Cc1ccc(F)cc1Cl. The van der Waals surface area contributed by atoms with Gasteiger partial charge in [0.1, 0.15) is 10.7 Å². The fourth-order valence-corrected chi connectivity index (χ4v) is 2.23. The molecule has 0 aliphatic rings. The van der Waals surface area contributed by atoms with Crippen molar-refractivity contribution in [1.29, 1.82) is 0 Å². The van der Waals surface area contributed by atoms with Crippen LogP contribution < -0.4 is 0 Å². The number of hydrogen-bond donors (Lipinski definition) is 0. The lowest BCUT2D eigenvalue weighted by atomic mass is 10.1. The Morgan fingerprint density at radius 3 is 2.88 bits per heavy atom. The highest BCUT2D eigenvalue weighted by atomic mass is 35.5. The van der Waals surface area contributed by atoms with Crippen LogP contribution in [0.15, 0.2) is 18.2 Å². The molecule has 0 radical (unpaired) electrons. The lowest BCUT2D eigenvalue weighted by Crippen LogP contribution is -2.03. The van der Waals surface area contributed by atoms with Crippen molar-refractivity contribution in [3.8, 4) is 0 Å². The van der Waals surface area contributed by atoms with Crippen molar-refractivity contribution in [2.75, 3.05) is 0 Å². The number of carbonyl (C=O) groups is 1. The van der Waals surface area contributed by atoms with Crippen LogP contribution >= 0.6 is 23.1 Å². The summed E-state index contributed by atoms with van der Waals surface area (Å²) >= 11 is 6.91. The van der Waals surface area contributed by atoms with Crippen molar-refractivity contribution in [2.45, 2.75) is 13.3 Å². The minimum atomic E-state index is -0.415. The minimum Gasteiger partial charge on any atom is -0.293 e. The molecule has 0 aliphatic heterocycles. The van der Waals surface area contributed by atoms with E-state index in [4.69, 9.17) is 11.6 Å². The molecule has 0 atom stereocenters. The van der Waals surface area contributed by atoms with Gasteiger partial charge in [-0.2, -0.15) is 0 Å². The summed E-state index contributed by atoms with van der Waals surface area (Å²) in [7, 11) is 0. The topological polar surface area (TPSA) is 42.9 Å². The Morgan fingerprint density at radius 2 is 2.29 bits per heavy atom. The smallest absolute Gasteiger partial charge is 0.180 e. The molecule has 0 N–H and O–H groups in total. The number of carbonyl (C=O) groups excluding carboxylic acids is 1. The second-order valence-corrected chi connectivity index (χ2v) is 4.68. The first-order valence-electron chi connectivity index (χ1n) is 4.84. The van der Waals surface area contributed by atoms with E-state index in [1.54, 1.807) is 6.92 Å². The molecule has 0 saturated heterocycles. The van der Waals surface area contributed by atoms with E-state index in [2.05, 4.69) is 9.59 Å². The van der Waals surface area contributed by atoms with Crippen LogP contribution in [-0.4, -0.2) is 15.4 Å². The van der Waals surface area contributed by atoms with Gasteiger partial charge in [-0.3, -0.25) is 4.79 Å². The average molecular weight is 271 g/mol. The van der Waals surface area contributed by atoms with Gasteiger partial charge in [-0.1, -0.05) is 22.2 Å². The molecule has 6 heteroatoms. The molecule has 2 aromatic rings. The van der Waals surface area contributed by atoms with Crippen LogP contribution in [0, 0.1) is 12.7 Å². The molecule has 1 aromatic carbocycles. The number of halogens is 2. The summed E-state index contributed by atoms with van der Waals surface area (Å²) in [5.74, 6) is -0.521. The van der Waals surface area contributed by atoms with E-state index < -0.39 is 5.82 Å². The number of aryl methyl sites for hydroxylation is 1. The van der Waals surface area contributed by atoms with Gasteiger partial charge >= 0.3 is 0 Å². The summed E-state index contributed by atoms with van der Waals surface area (Å²) < 4.78 is 16.5. The average Bonchev–Trinajstić information content (AvgIpc) is 2.68. The van der Waals surface area contributed by atoms with Gasteiger partial charge < -0.3 is 0 Å². The lowest BCUT2D eigenvalue weighted by Gasteiger charge is -2.02. The molecule has 3 nitrogen and oxygen atoms in total. The third-order valence-electron chi connectivity index (χ3n) is 2.27. The second-order valence-electron chi connectivity index (χ2n) is 3.52. The second kappa shape index (κ2) is 4.89. The largest absolute Gasteiger partial charge is 0.293 e. The molecule has 0 aliphatic carbocycles. The molecule has 0 unspecified atom stereocenters. The van der Waals surface area contributed by atoms with Crippen LogP contribution in [0.4, 0.5) is 4.39 Å². The third-order valence-corrected chi connectivity index (χ3v) is 3.49. The number of aromatic nitrogens is 2. The fourth-order valence-electron chi connectivity index (χ4n) is 1.40. The first kappa shape index (κ1) is 12.1. The van der Waals surface area contributed by atoms with E-state index in [0.29, 0.717) is 16.1 Å². The van der Waals surface area contributed by atoms with Crippen LogP contribution in [0.25, 0.3) is 0 Å². The van der Waals surface area contributed by atoms with Gasteiger partial charge in [-0.25, -0.2) is 4.39 Å². The lowest BCUT2D eigenvalue weighted by molar-refractivity contribution is 0.0996. The Kier molecular flexibility index (Phi) is 3.49. The van der Waals surface area contributed by atoms with Gasteiger partial charge in [0.2, 0.25) is 0 Å². The molecule has 0 spiro atoms. The van der Waals surface area contributed by atoms with Crippen LogP contribution in [0.2, 0.25) is 5.02 Å². The zero-order valence-electron chi connectivity index (χ0n) is 8.91. The Hall–Kier alpha value is -1.33. The summed E-state index contributed by atoms with van der Waals surface area (Å²) in [5.41, 5.74) is 1.21. The van der Waals surface area contributed by atoms with Gasteiger partial charge in [0.05, 0.1) is 5.69 Å². The maximum atomic E-state index is 12.8. The first-order valence-corrected chi connectivity index (χ1v) is 5.99. The van der Waals surface area contributed by atoms with Crippen molar-refractivity contribution >= 4 is 28.9 Å². The Bertz CT molecular complexity index is 570. The van der Waals surface area contributed by atoms with Crippen LogP contribution in [0.1, 0.15) is 20.9 Å². The van der Waals surface area contributed by atoms with Gasteiger partial charge in [0.25, 0.3) is 0 Å². The predicted octanol–water partition coefficient (Wildman–Crippen LogP) is 3.06. The standard InChI is InChI=1S/C11H8ClFN2OS/c1-6-11(17-15-14-6)10(16)4-7-2-3-8(13)5-9(7)12/h2-3,5H,4H2,1H3. The summed E-state index contributed by atoms with van der Waals surface area (Å²) in [5, 5.41) is 4.03. The molecule has 0 fully saturated rings. The third kappa shape index (κ3) is 2.68. The highest BCUT2D eigenvalue weighted by Gasteiger charge is 2.15. The fraction of sp³-hybridized carbons (Fsp3) is 0.182. The zero-order chi connectivity index (χ0) is 12.4. The van der Waals surface area contributed by atoms with E-state index in [1.165, 1.54) is 18.2 Å². The van der Waals surface area contributed by atoms with Gasteiger partial charge in [-0.15, -0.1) is 5.10 Å². The summed E-state index contributed by atoms with van der Waals surface area (Å²) in [6.07, 6.45) is 0.129. The van der Waals surface area contributed by atoms with Crippen LogP contribution in [-0.2, 0) is 6.42 Å². The zero-order valence-corrected chi connectivity index (χ0v) is 10.5. The van der Waals surface area contributed by atoms with Crippen molar-refractivity contribution in [3.05, 3.63) is 45.2 Å². The highest BCUT2D eigenvalue weighted by molar-refractivity contribution is 7.08. The van der Waals surface area contributed by atoms with E-state index in [0.717, 1.165) is 11.5 Å². The monoisotopic (exact) mass is 270 g/mol. The Morgan fingerprint density at radius 1 is 1.53 bits per heavy atom. The van der Waals surface area contributed by atoms with Crippen molar-refractivity contribution in [2.24, 2.45) is 0 Å². The number of Topliss-reactive ketones (excluding diaryl/α,β-unsaturated/α-hetero) is 1. The van der Waals surface area contributed by atoms with Gasteiger partial charge in [-0.05, 0) is 36.2 Å². The minimum absolute atomic E-state index is 0.106. The molecule has 0 amide bonds. The number of rotatable bonds is 3. The number of hydrogen-bond acceptors (Lipinski definition) is 4. The maximum Gasteiger partial charge on any atom is 0.180 e. The molecule has 1 heterocycles. The summed E-state index contributed by atoms with van der Waals surface area (Å²) in [4.78, 5) is 12.4. The van der Waals surface area contributed by atoms with Crippen molar-refractivity contribution < 1.29 is 9.18 Å². The molecule has 2 rings (SSSR count). The maximum absolute atomic E-state index is 12.8. The van der Waals surface area contributed by atoms with Gasteiger partial charge in [0.15, 0.2) is 5.78 Å². The van der Waals surface area contributed by atoms with Crippen molar-refractivity contribution in [1.82, 2.24) is 9.59 Å². The summed E-state index contributed by atoms with van der Waals surface area (Å²) in [6, 6.07) is 3.99. The van der Waals surface area contributed by atoms with E-state index in [1.807, 2.05) is 0 Å².